The Balaban J connectivity index is 1.91. The van der Waals surface area contributed by atoms with E-state index in [1.165, 1.54) is 10.7 Å². The molecule has 164 valence electrons. The van der Waals surface area contributed by atoms with Crippen LogP contribution in [0.15, 0.2) is 18.3 Å². The zero-order chi connectivity index (χ0) is 22.3. The lowest BCUT2D eigenvalue weighted by Gasteiger charge is -2.26. The lowest BCUT2D eigenvalue weighted by atomic mass is 9.89. The van der Waals surface area contributed by atoms with Crippen LogP contribution in [0.2, 0.25) is 0 Å². The van der Waals surface area contributed by atoms with Crippen molar-refractivity contribution >= 4 is 17.5 Å². The number of ether oxygens (including phenoxy) is 1. The first-order valence-corrected chi connectivity index (χ1v) is 9.50. The summed E-state index contributed by atoms with van der Waals surface area (Å²) in [5, 5.41) is 10.5. The van der Waals surface area contributed by atoms with E-state index < -0.39 is 23.6 Å². The van der Waals surface area contributed by atoms with Gasteiger partial charge >= 0.3 is 12.3 Å². The molecule has 2 aromatic heterocycles. The van der Waals surface area contributed by atoms with Crippen LogP contribution in [0.3, 0.4) is 0 Å². The number of nitrogens with one attached hydrogen (secondary N) is 1. The number of allylic oxidation sites excluding steroid dienone is 1. The molecule has 30 heavy (non-hydrogen) atoms. The third-order valence-electron chi connectivity index (χ3n) is 4.52. The molecule has 1 aliphatic rings. The maximum Gasteiger partial charge on any atom is 0.435 e. The van der Waals surface area contributed by atoms with Gasteiger partial charge in [0.1, 0.15) is 11.4 Å². The van der Waals surface area contributed by atoms with Crippen molar-refractivity contribution in [3.05, 3.63) is 29.6 Å². The number of carbonyl (C=O) groups is 1. The van der Waals surface area contributed by atoms with Gasteiger partial charge in [0, 0.05) is 25.4 Å². The molecule has 1 aliphatic carbocycles. The van der Waals surface area contributed by atoms with Crippen molar-refractivity contribution in [1.29, 1.82) is 0 Å². The van der Waals surface area contributed by atoms with E-state index in [4.69, 9.17) is 10.5 Å². The van der Waals surface area contributed by atoms with Gasteiger partial charge in [-0.25, -0.2) is 4.79 Å². The first-order valence-electron chi connectivity index (χ1n) is 9.50. The summed E-state index contributed by atoms with van der Waals surface area (Å²) in [6.07, 6.45) is -0.763. The maximum atomic E-state index is 13.7. The van der Waals surface area contributed by atoms with Crippen LogP contribution in [0.1, 0.15) is 51.3 Å². The fourth-order valence-corrected chi connectivity index (χ4v) is 3.35. The molecule has 1 unspecified atom stereocenters. The Kier molecular flexibility index (Phi) is 5.57. The Bertz CT molecular complexity index is 968. The molecular formula is C19H25F3N6O2. The third kappa shape index (κ3) is 4.77. The number of nitrogens with zero attached hydrogens (tertiary/aromatic N) is 4. The van der Waals surface area contributed by atoms with Crippen LogP contribution in [0, 0.1) is 0 Å². The molecule has 0 radical (unpaired) electrons. The topological polar surface area (TPSA) is 100.0 Å². The van der Waals surface area contributed by atoms with Gasteiger partial charge in [0.15, 0.2) is 11.5 Å². The van der Waals surface area contributed by atoms with Crippen molar-refractivity contribution in [2.75, 3.05) is 5.73 Å². The predicted molar refractivity (Wildman–Crippen MR) is 105 cm³/mol. The van der Waals surface area contributed by atoms with Crippen LogP contribution in [0.4, 0.5) is 23.8 Å². The number of nitrogen functional groups attached to an aromatic ring is 1. The minimum absolute atomic E-state index is 0.148. The smallest absolute Gasteiger partial charge is 0.435 e. The number of aromatic nitrogens is 4. The summed E-state index contributed by atoms with van der Waals surface area (Å²) in [6.45, 7) is 5.21. The number of alkyl carbamates (subject to hydrolysis) is 1. The van der Waals surface area contributed by atoms with Gasteiger partial charge in [0.05, 0.1) is 5.56 Å². The molecule has 2 aromatic rings. The van der Waals surface area contributed by atoms with E-state index in [2.05, 4.69) is 15.5 Å². The van der Waals surface area contributed by atoms with Crippen molar-refractivity contribution in [1.82, 2.24) is 24.9 Å². The number of amides is 1. The number of hydrogen-bond acceptors (Lipinski definition) is 5. The second-order valence-corrected chi connectivity index (χ2v) is 8.22. The molecule has 8 nitrogen and oxygen atoms in total. The summed E-state index contributed by atoms with van der Waals surface area (Å²) in [5.74, 6) is 0.0387. The summed E-state index contributed by atoms with van der Waals surface area (Å²) in [6, 6.07) is 1.15. The number of hydrogen-bond donors (Lipinski definition) is 2. The first-order chi connectivity index (χ1) is 13.8. The quantitative estimate of drug-likeness (QED) is 0.780. The Morgan fingerprint density at radius 3 is 2.57 bits per heavy atom. The summed E-state index contributed by atoms with van der Waals surface area (Å²) < 4.78 is 48.9. The van der Waals surface area contributed by atoms with Gasteiger partial charge in [0.25, 0.3) is 0 Å². The van der Waals surface area contributed by atoms with Gasteiger partial charge in [0.2, 0.25) is 0 Å². The molecule has 11 heteroatoms. The van der Waals surface area contributed by atoms with E-state index in [1.54, 1.807) is 40.1 Å². The minimum atomic E-state index is -4.70. The molecule has 0 bridgehead atoms. The van der Waals surface area contributed by atoms with Crippen LogP contribution < -0.4 is 11.1 Å². The molecule has 0 fully saturated rings. The van der Waals surface area contributed by atoms with Gasteiger partial charge in [-0.05, 0) is 45.6 Å². The van der Waals surface area contributed by atoms with Crippen LogP contribution in [-0.2, 0) is 18.0 Å². The average molecular weight is 426 g/mol. The summed E-state index contributed by atoms with van der Waals surface area (Å²) in [7, 11) is 1.64. The number of carbonyl (C=O) groups excluding carboxylic acids is 1. The highest BCUT2D eigenvalue weighted by Crippen LogP contribution is 2.41. The van der Waals surface area contributed by atoms with Gasteiger partial charge in [-0.2, -0.15) is 28.1 Å². The number of aryl methyl sites for hydroxylation is 1. The van der Waals surface area contributed by atoms with Gasteiger partial charge in [-0.3, -0.25) is 4.68 Å². The molecule has 3 N–H and O–H groups in total. The summed E-state index contributed by atoms with van der Waals surface area (Å²) >= 11 is 0. The summed E-state index contributed by atoms with van der Waals surface area (Å²) in [4.78, 5) is 12.1. The van der Waals surface area contributed by atoms with Crippen molar-refractivity contribution in [3.63, 3.8) is 0 Å². The number of rotatable bonds is 3. The van der Waals surface area contributed by atoms with E-state index >= 15 is 0 Å². The van der Waals surface area contributed by atoms with Crippen LogP contribution in [0.25, 0.3) is 11.4 Å². The Labute approximate surface area is 171 Å². The molecule has 0 saturated carbocycles. The fraction of sp³-hybridized carbons (Fsp3) is 0.526. The van der Waals surface area contributed by atoms with E-state index in [-0.39, 0.29) is 29.7 Å². The second-order valence-electron chi connectivity index (χ2n) is 8.22. The Morgan fingerprint density at radius 1 is 1.30 bits per heavy atom. The molecule has 0 aromatic carbocycles. The molecule has 1 amide bonds. The number of halogens is 3. The van der Waals surface area contributed by atoms with E-state index in [0.717, 1.165) is 4.68 Å². The van der Waals surface area contributed by atoms with Crippen LogP contribution >= 0.6 is 0 Å². The molecular weight excluding hydrogens is 401 g/mol. The predicted octanol–water partition coefficient (Wildman–Crippen LogP) is 3.67. The van der Waals surface area contributed by atoms with Crippen LogP contribution in [0.5, 0.6) is 0 Å². The number of anilines is 1. The SMILES string of the molecule is Cn1ccc(-n2nc(C(F)(F)F)c(C3=CCCC(NC(=O)OC(C)(C)C)C3)c2N)n1. The van der Waals surface area contributed by atoms with Crippen molar-refractivity contribution in [3.8, 4) is 5.82 Å². The highest BCUT2D eigenvalue weighted by Gasteiger charge is 2.41. The number of nitrogens with two attached hydrogens (primary N) is 1. The van der Waals surface area contributed by atoms with E-state index in [0.29, 0.717) is 18.4 Å². The highest BCUT2D eigenvalue weighted by atomic mass is 19.4. The molecule has 0 spiro atoms. The van der Waals surface area contributed by atoms with E-state index in [1.807, 2.05) is 0 Å². The highest BCUT2D eigenvalue weighted by molar-refractivity contribution is 5.78. The third-order valence-corrected chi connectivity index (χ3v) is 4.52. The lowest BCUT2D eigenvalue weighted by molar-refractivity contribution is -0.141. The standard InChI is InChI=1S/C19H25F3N6O2/c1-18(2,3)30-17(29)24-12-7-5-6-11(10-12)14-15(19(20,21)22)26-28(16(14)23)13-8-9-27(4)25-13/h6,8-9,12H,5,7,10,23H2,1-4H3,(H,24,29). The summed E-state index contributed by atoms with van der Waals surface area (Å²) in [5.41, 5.74) is 4.56. The number of alkyl halides is 3. The lowest BCUT2D eigenvalue weighted by Crippen LogP contribution is -2.40. The molecule has 2 heterocycles. The maximum absolute atomic E-state index is 13.7. The largest absolute Gasteiger partial charge is 0.444 e. The normalized spacial score (nSPS) is 17.6. The molecule has 1 atom stereocenters. The second kappa shape index (κ2) is 7.69. The van der Waals surface area contributed by atoms with Gasteiger partial charge < -0.3 is 15.8 Å². The zero-order valence-corrected chi connectivity index (χ0v) is 17.2. The average Bonchev–Trinajstić information content (AvgIpc) is 3.16. The van der Waals surface area contributed by atoms with Crippen molar-refractivity contribution in [2.45, 2.75) is 57.9 Å². The Morgan fingerprint density at radius 2 is 2.00 bits per heavy atom. The molecule has 3 rings (SSSR count). The first kappa shape index (κ1) is 21.7. The fourth-order valence-electron chi connectivity index (χ4n) is 3.35. The monoisotopic (exact) mass is 426 g/mol. The zero-order valence-electron chi connectivity index (χ0n) is 17.2. The molecule has 0 saturated heterocycles. The van der Waals surface area contributed by atoms with Crippen LogP contribution in [-0.4, -0.2) is 37.3 Å². The van der Waals surface area contributed by atoms with Gasteiger partial charge in [-0.15, -0.1) is 0 Å². The van der Waals surface area contributed by atoms with Crippen molar-refractivity contribution < 1.29 is 22.7 Å². The van der Waals surface area contributed by atoms with Gasteiger partial charge in [-0.1, -0.05) is 6.08 Å². The van der Waals surface area contributed by atoms with Crippen molar-refractivity contribution in [2.24, 2.45) is 7.05 Å². The minimum Gasteiger partial charge on any atom is -0.444 e. The Hall–Kier alpha value is -2.98. The molecule has 0 aliphatic heterocycles. The van der Waals surface area contributed by atoms with E-state index in [9.17, 15) is 18.0 Å².